The molecule has 0 bridgehead atoms. The van der Waals surface area contributed by atoms with Crippen molar-refractivity contribution in [2.45, 2.75) is 25.9 Å². The molecule has 1 N–H and O–H groups in total. The number of hydrogen-bond donors (Lipinski definition) is 1. The van der Waals surface area contributed by atoms with Gasteiger partial charge < -0.3 is 9.88 Å². The molecule has 28 heavy (non-hydrogen) atoms. The van der Waals surface area contributed by atoms with Crippen LogP contribution in [0.3, 0.4) is 0 Å². The number of imidazole rings is 1. The maximum atomic E-state index is 12.5. The van der Waals surface area contributed by atoms with Gasteiger partial charge in [0, 0.05) is 24.0 Å². The smallest absolute Gasteiger partial charge is 0.223 e. The maximum Gasteiger partial charge on any atom is 0.223 e. The van der Waals surface area contributed by atoms with Crippen molar-refractivity contribution in [3.05, 3.63) is 64.4 Å². The Labute approximate surface area is 173 Å². The van der Waals surface area contributed by atoms with E-state index in [9.17, 15) is 4.79 Å². The number of aryl methyl sites for hydroxylation is 1. The molecule has 1 amide bonds. The molecule has 0 unspecified atom stereocenters. The Hall–Kier alpha value is -2.18. The molecule has 0 saturated carbocycles. The van der Waals surface area contributed by atoms with Gasteiger partial charge in [-0.25, -0.2) is 4.98 Å². The Morgan fingerprint density at radius 2 is 1.86 bits per heavy atom. The van der Waals surface area contributed by atoms with Gasteiger partial charge in [-0.15, -0.1) is 0 Å². The third-order valence-electron chi connectivity index (χ3n) is 5.58. The fraction of sp³-hybridized carbons (Fsp3) is 0.364. The number of benzene rings is 2. The van der Waals surface area contributed by atoms with Crippen molar-refractivity contribution < 1.29 is 4.79 Å². The van der Waals surface area contributed by atoms with Gasteiger partial charge in [0.2, 0.25) is 5.91 Å². The number of aromatic nitrogens is 2. The van der Waals surface area contributed by atoms with Gasteiger partial charge in [0.05, 0.1) is 17.6 Å². The predicted molar refractivity (Wildman–Crippen MR) is 115 cm³/mol. The van der Waals surface area contributed by atoms with Crippen LogP contribution in [0.2, 0.25) is 0 Å². The standard InChI is InChI=1S/C22H25BrN4O/c1-26-20-5-3-2-4-19(20)25-21(26)15-27-12-10-17(11-13-27)22(28)24-14-16-6-8-18(23)9-7-16/h2-9,17H,10-15H2,1H3,(H,24,28). The number of likely N-dealkylation sites (tertiary alicyclic amines) is 1. The van der Waals surface area contributed by atoms with Crippen LogP contribution in [-0.4, -0.2) is 33.4 Å². The number of carbonyl (C=O) groups is 1. The molecule has 2 heterocycles. The van der Waals surface area contributed by atoms with Crippen molar-refractivity contribution in [1.82, 2.24) is 19.8 Å². The second-order valence-electron chi connectivity index (χ2n) is 7.47. The quantitative estimate of drug-likeness (QED) is 0.654. The van der Waals surface area contributed by atoms with Crippen LogP contribution in [0.25, 0.3) is 11.0 Å². The van der Waals surface area contributed by atoms with Gasteiger partial charge in [0.25, 0.3) is 0 Å². The van der Waals surface area contributed by atoms with Crippen LogP contribution in [0.1, 0.15) is 24.2 Å². The number of piperidine rings is 1. The van der Waals surface area contributed by atoms with Crippen LogP contribution >= 0.6 is 15.9 Å². The third kappa shape index (κ3) is 4.28. The molecular weight excluding hydrogens is 416 g/mol. The van der Waals surface area contributed by atoms with Crippen LogP contribution in [0, 0.1) is 5.92 Å². The number of fused-ring (bicyclic) bond motifs is 1. The van der Waals surface area contributed by atoms with Gasteiger partial charge in [-0.1, -0.05) is 40.2 Å². The Balaban J connectivity index is 1.28. The summed E-state index contributed by atoms with van der Waals surface area (Å²) in [6.45, 7) is 3.28. The first-order chi connectivity index (χ1) is 13.6. The van der Waals surface area contributed by atoms with Crippen molar-refractivity contribution in [2.24, 2.45) is 13.0 Å². The maximum absolute atomic E-state index is 12.5. The average Bonchev–Trinajstić information content (AvgIpc) is 3.03. The van der Waals surface area contributed by atoms with E-state index < -0.39 is 0 Å². The Bertz CT molecular complexity index is 958. The second-order valence-corrected chi connectivity index (χ2v) is 8.39. The van der Waals surface area contributed by atoms with Crippen molar-refractivity contribution in [2.75, 3.05) is 13.1 Å². The van der Waals surface area contributed by atoms with Crippen molar-refractivity contribution in [3.8, 4) is 0 Å². The molecule has 1 saturated heterocycles. The molecule has 6 heteroatoms. The SMILES string of the molecule is Cn1c(CN2CCC(C(=O)NCc3ccc(Br)cc3)CC2)nc2ccccc21. The Kier molecular flexibility index (Phi) is 5.78. The highest BCUT2D eigenvalue weighted by Gasteiger charge is 2.25. The van der Waals surface area contributed by atoms with Gasteiger partial charge in [0.15, 0.2) is 0 Å². The number of nitrogens with zero attached hydrogens (tertiary/aromatic N) is 3. The number of hydrogen-bond acceptors (Lipinski definition) is 3. The highest BCUT2D eigenvalue weighted by molar-refractivity contribution is 9.10. The van der Waals surface area contributed by atoms with Gasteiger partial charge >= 0.3 is 0 Å². The summed E-state index contributed by atoms with van der Waals surface area (Å²) in [6.07, 6.45) is 1.80. The summed E-state index contributed by atoms with van der Waals surface area (Å²) in [6, 6.07) is 16.3. The zero-order valence-corrected chi connectivity index (χ0v) is 17.7. The van der Waals surface area contributed by atoms with E-state index >= 15 is 0 Å². The van der Waals surface area contributed by atoms with Crippen LogP contribution in [0.4, 0.5) is 0 Å². The molecule has 2 aromatic carbocycles. The zero-order valence-electron chi connectivity index (χ0n) is 16.1. The lowest BCUT2D eigenvalue weighted by Crippen LogP contribution is -2.40. The highest BCUT2D eigenvalue weighted by atomic mass is 79.9. The van der Waals surface area contributed by atoms with Crippen LogP contribution in [0.5, 0.6) is 0 Å². The Morgan fingerprint density at radius 3 is 2.57 bits per heavy atom. The molecule has 0 radical (unpaired) electrons. The molecular formula is C22H25BrN4O. The molecule has 0 aliphatic carbocycles. The number of para-hydroxylation sites is 2. The number of amides is 1. The van der Waals surface area contributed by atoms with E-state index in [1.807, 2.05) is 36.4 Å². The average molecular weight is 441 g/mol. The summed E-state index contributed by atoms with van der Waals surface area (Å²) in [7, 11) is 2.08. The number of rotatable bonds is 5. The molecule has 3 aromatic rings. The molecule has 1 aromatic heterocycles. The summed E-state index contributed by atoms with van der Waals surface area (Å²) in [5.41, 5.74) is 3.33. The minimum Gasteiger partial charge on any atom is -0.352 e. The highest BCUT2D eigenvalue weighted by Crippen LogP contribution is 2.21. The summed E-state index contributed by atoms with van der Waals surface area (Å²) in [5.74, 6) is 1.36. The number of carbonyl (C=O) groups excluding carboxylic acids is 1. The summed E-state index contributed by atoms with van der Waals surface area (Å²) in [4.78, 5) is 19.7. The predicted octanol–water partition coefficient (Wildman–Crippen LogP) is 3.86. The topological polar surface area (TPSA) is 50.2 Å². The van der Waals surface area contributed by atoms with Gasteiger partial charge in [-0.2, -0.15) is 0 Å². The van der Waals surface area contributed by atoms with Crippen LogP contribution < -0.4 is 5.32 Å². The molecule has 1 aliphatic rings. The monoisotopic (exact) mass is 440 g/mol. The van der Waals surface area contributed by atoms with E-state index in [2.05, 4.69) is 49.9 Å². The van der Waals surface area contributed by atoms with E-state index in [4.69, 9.17) is 4.98 Å². The fourth-order valence-corrected chi connectivity index (χ4v) is 4.09. The van der Waals surface area contributed by atoms with Gasteiger partial charge in [-0.3, -0.25) is 9.69 Å². The summed E-state index contributed by atoms with van der Waals surface area (Å²) in [5, 5.41) is 3.09. The van der Waals surface area contributed by atoms with Crippen molar-refractivity contribution >= 4 is 32.9 Å². The first kappa shape index (κ1) is 19.2. The Morgan fingerprint density at radius 1 is 1.14 bits per heavy atom. The lowest BCUT2D eigenvalue weighted by atomic mass is 9.96. The van der Waals surface area contributed by atoms with Crippen LogP contribution in [0.15, 0.2) is 53.0 Å². The third-order valence-corrected chi connectivity index (χ3v) is 6.11. The largest absolute Gasteiger partial charge is 0.352 e. The number of halogens is 1. The first-order valence-corrected chi connectivity index (χ1v) is 10.5. The van der Waals surface area contributed by atoms with E-state index in [1.54, 1.807) is 0 Å². The van der Waals surface area contributed by atoms with E-state index in [0.717, 1.165) is 53.9 Å². The minimum atomic E-state index is 0.104. The molecule has 1 aliphatic heterocycles. The van der Waals surface area contributed by atoms with Gasteiger partial charge in [0.1, 0.15) is 5.82 Å². The lowest BCUT2D eigenvalue weighted by molar-refractivity contribution is -0.126. The fourth-order valence-electron chi connectivity index (χ4n) is 3.83. The van der Waals surface area contributed by atoms with Crippen molar-refractivity contribution in [1.29, 1.82) is 0 Å². The molecule has 4 rings (SSSR count). The summed E-state index contributed by atoms with van der Waals surface area (Å²) < 4.78 is 3.22. The molecule has 146 valence electrons. The molecule has 0 spiro atoms. The lowest BCUT2D eigenvalue weighted by Gasteiger charge is -2.31. The first-order valence-electron chi connectivity index (χ1n) is 9.75. The minimum absolute atomic E-state index is 0.104. The molecule has 1 fully saturated rings. The molecule has 5 nitrogen and oxygen atoms in total. The van der Waals surface area contributed by atoms with E-state index in [-0.39, 0.29) is 11.8 Å². The number of nitrogens with one attached hydrogen (secondary N) is 1. The van der Waals surface area contributed by atoms with Crippen LogP contribution in [-0.2, 0) is 24.9 Å². The van der Waals surface area contributed by atoms with Crippen molar-refractivity contribution in [3.63, 3.8) is 0 Å². The zero-order chi connectivity index (χ0) is 19.5. The van der Waals surface area contributed by atoms with E-state index in [0.29, 0.717) is 6.54 Å². The van der Waals surface area contributed by atoms with E-state index in [1.165, 1.54) is 5.52 Å². The molecule has 0 atom stereocenters. The summed E-state index contributed by atoms with van der Waals surface area (Å²) >= 11 is 3.43. The normalized spacial score (nSPS) is 15.8. The second kappa shape index (κ2) is 8.45. The van der Waals surface area contributed by atoms with Gasteiger partial charge in [-0.05, 0) is 55.8 Å².